The molecule has 0 aromatic heterocycles. The smallest absolute Gasteiger partial charge is 0.181 e. The number of hydrogen-bond donors (Lipinski definition) is 2. The summed E-state index contributed by atoms with van der Waals surface area (Å²) in [6, 6.07) is 0. The van der Waals surface area contributed by atoms with Gasteiger partial charge in [-0.2, -0.15) is 0 Å². The van der Waals surface area contributed by atoms with E-state index in [1.54, 1.807) is 0 Å². The van der Waals surface area contributed by atoms with Crippen molar-refractivity contribution < 1.29 is 14.9 Å². The molecule has 66 valence electrons. The predicted octanol–water partition coefficient (Wildman–Crippen LogP) is 0.501. The number of ether oxygens (including phenoxy) is 1. The van der Waals surface area contributed by atoms with E-state index in [-0.39, 0.29) is 12.0 Å². The third-order valence-electron chi connectivity index (χ3n) is 2.31. The van der Waals surface area contributed by atoms with Gasteiger partial charge in [-0.1, -0.05) is 13.3 Å². The van der Waals surface area contributed by atoms with E-state index in [9.17, 15) is 10.2 Å². The Morgan fingerprint density at radius 1 is 1.45 bits per heavy atom. The summed E-state index contributed by atoms with van der Waals surface area (Å²) in [5.41, 5.74) is 0. The average Bonchev–Trinajstić information content (AvgIpc) is 1.96. The fourth-order valence-electron chi connectivity index (χ4n) is 1.58. The van der Waals surface area contributed by atoms with Crippen LogP contribution < -0.4 is 0 Å². The maximum atomic E-state index is 9.38. The van der Waals surface area contributed by atoms with Gasteiger partial charge in [0.25, 0.3) is 0 Å². The Balaban J connectivity index is 2.51. The van der Waals surface area contributed by atoms with Gasteiger partial charge in [0, 0.05) is 0 Å². The fraction of sp³-hybridized carbons (Fsp3) is 1.00. The van der Waals surface area contributed by atoms with Crippen molar-refractivity contribution >= 4 is 0 Å². The Bertz CT molecular complexity index is 127. The van der Waals surface area contributed by atoms with Crippen LogP contribution in [-0.2, 0) is 4.74 Å². The summed E-state index contributed by atoms with van der Waals surface area (Å²) in [5.74, 6) is 0.189. The zero-order valence-electron chi connectivity index (χ0n) is 7.03. The molecule has 4 atom stereocenters. The van der Waals surface area contributed by atoms with Crippen LogP contribution in [0.5, 0.6) is 0 Å². The van der Waals surface area contributed by atoms with Gasteiger partial charge in [0.1, 0.15) is 6.10 Å². The monoisotopic (exact) mass is 160 g/mol. The number of hydrogen-bond acceptors (Lipinski definition) is 3. The highest BCUT2D eigenvalue weighted by atomic mass is 16.6. The normalized spacial score (nSPS) is 45.8. The molecule has 0 aromatic rings. The molecule has 1 aliphatic heterocycles. The van der Waals surface area contributed by atoms with Crippen LogP contribution in [0.2, 0.25) is 0 Å². The molecule has 1 rings (SSSR count). The van der Waals surface area contributed by atoms with Crippen LogP contribution in [0.3, 0.4) is 0 Å². The van der Waals surface area contributed by atoms with Gasteiger partial charge in [0.2, 0.25) is 0 Å². The van der Waals surface area contributed by atoms with E-state index < -0.39 is 12.4 Å². The summed E-state index contributed by atoms with van der Waals surface area (Å²) in [4.78, 5) is 0. The van der Waals surface area contributed by atoms with E-state index in [2.05, 4.69) is 0 Å². The second kappa shape index (κ2) is 3.52. The molecule has 0 aromatic carbocycles. The van der Waals surface area contributed by atoms with Crippen LogP contribution in [0.1, 0.15) is 26.7 Å². The molecular formula is C8H16O3. The van der Waals surface area contributed by atoms with Crippen molar-refractivity contribution in [3.63, 3.8) is 0 Å². The zero-order chi connectivity index (χ0) is 8.43. The van der Waals surface area contributed by atoms with Gasteiger partial charge in [-0.05, 0) is 19.3 Å². The van der Waals surface area contributed by atoms with Gasteiger partial charge in [-0.15, -0.1) is 0 Å². The molecule has 11 heavy (non-hydrogen) atoms. The molecule has 1 saturated heterocycles. The van der Waals surface area contributed by atoms with Gasteiger partial charge in [0.05, 0.1) is 6.10 Å². The molecule has 2 N–H and O–H groups in total. The van der Waals surface area contributed by atoms with E-state index in [1.807, 2.05) is 13.8 Å². The Labute approximate surface area is 67.0 Å². The van der Waals surface area contributed by atoms with Gasteiger partial charge in [-0.25, -0.2) is 0 Å². The quantitative estimate of drug-likeness (QED) is 0.587. The van der Waals surface area contributed by atoms with Gasteiger partial charge < -0.3 is 14.9 Å². The lowest BCUT2D eigenvalue weighted by atomic mass is 9.90. The predicted molar refractivity (Wildman–Crippen MR) is 41.0 cm³/mol. The van der Waals surface area contributed by atoms with Gasteiger partial charge in [-0.3, -0.25) is 0 Å². The zero-order valence-corrected chi connectivity index (χ0v) is 7.03. The molecule has 0 bridgehead atoms. The fourth-order valence-corrected chi connectivity index (χ4v) is 1.58. The van der Waals surface area contributed by atoms with Crippen LogP contribution >= 0.6 is 0 Å². The minimum atomic E-state index is -0.983. The molecule has 1 aliphatic rings. The van der Waals surface area contributed by atoms with Gasteiger partial charge in [0.15, 0.2) is 6.29 Å². The Hall–Kier alpha value is -0.120. The molecule has 0 amide bonds. The first kappa shape index (κ1) is 8.97. The molecule has 0 saturated carbocycles. The second-order valence-electron chi connectivity index (χ2n) is 3.23. The minimum absolute atomic E-state index is 0.0679. The number of aliphatic hydroxyl groups is 2. The average molecular weight is 160 g/mol. The maximum absolute atomic E-state index is 9.38. The number of rotatable bonds is 1. The van der Waals surface area contributed by atoms with Gasteiger partial charge >= 0.3 is 0 Å². The lowest BCUT2D eigenvalue weighted by Gasteiger charge is -2.35. The Morgan fingerprint density at radius 3 is 2.64 bits per heavy atom. The topological polar surface area (TPSA) is 49.7 Å². The van der Waals surface area contributed by atoms with Crippen LogP contribution in [0.25, 0.3) is 0 Å². The van der Waals surface area contributed by atoms with Crippen molar-refractivity contribution in [2.24, 2.45) is 5.92 Å². The third kappa shape index (κ3) is 1.92. The summed E-state index contributed by atoms with van der Waals surface area (Å²) in [6.45, 7) is 3.93. The first-order valence-corrected chi connectivity index (χ1v) is 4.16. The summed E-state index contributed by atoms with van der Waals surface area (Å²) >= 11 is 0. The lowest BCUT2D eigenvalue weighted by molar-refractivity contribution is -0.230. The van der Waals surface area contributed by atoms with Crippen molar-refractivity contribution in [3.8, 4) is 0 Å². The van der Waals surface area contributed by atoms with E-state index in [0.717, 1.165) is 12.8 Å². The van der Waals surface area contributed by atoms with E-state index >= 15 is 0 Å². The van der Waals surface area contributed by atoms with Crippen LogP contribution in [0, 0.1) is 5.92 Å². The molecular weight excluding hydrogens is 144 g/mol. The molecule has 0 radical (unpaired) electrons. The molecule has 1 fully saturated rings. The molecule has 3 nitrogen and oxygen atoms in total. The molecule has 0 aliphatic carbocycles. The highest BCUT2D eigenvalue weighted by Gasteiger charge is 2.33. The highest BCUT2D eigenvalue weighted by Crippen LogP contribution is 2.26. The minimum Gasteiger partial charge on any atom is -0.388 e. The maximum Gasteiger partial charge on any atom is 0.181 e. The SMILES string of the molecule is CC[C@H]1C[C@@H](C)O[C@@H](O)C1O. The summed E-state index contributed by atoms with van der Waals surface area (Å²) < 4.78 is 5.04. The molecule has 0 spiro atoms. The third-order valence-corrected chi connectivity index (χ3v) is 2.31. The van der Waals surface area contributed by atoms with Crippen LogP contribution in [0.4, 0.5) is 0 Å². The van der Waals surface area contributed by atoms with Crippen LogP contribution in [0.15, 0.2) is 0 Å². The van der Waals surface area contributed by atoms with Crippen molar-refractivity contribution in [1.82, 2.24) is 0 Å². The Kier molecular flexibility index (Phi) is 2.87. The lowest BCUT2D eigenvalue weighted by Crippen LogP contribution is -2.43. The molecule has 1 heterocycles. The number of aliphatic hydroxyl groups excluding tert-OH is 2. The molecule has 3 heteroatoms. The molecule has 1 unspecified atom stereocenters. The van der Waals surface area contributed by atoms with Crippen molar-refractivity contribution in [3.05, 3.63) is 0 Å². The second-order valence-corrected chi connectivity index (χ2v) is 3.23. The van der Waals surface area contributed by atoms with Crippen molar-refractivity contribution in [1.29, 1.82) is 0 Å². The van der Waals surface area contributed by atoms with E-state index in [1.165, 1.54) is 0 Å². The standard InChI is InChI=1S/C8H16O3/c1-3-6-4-5(2)11-8(10)7(6)9/h5-10H,3-4H2,1-2H3/t5-,6+,7?,8-/m1/s1. The largest absolute Gasteiger partial charge is 0.388 e. The van der Waals surface area contributed by atoms with E-state index in [4.69, 9.17) is 4.74 Å². The summed E-state index contributed by atoms with van der Waals surface area (Å²) in [6.07, 6.45) is 0.124. The highest BCUT2D eigenvalue weighted by molar-refractivity contribution is 4.77. The Morgan fingerprint density at radius 2 is 2.09 bits per heavy atom. The summed E-state index contributed by atoms with van der Waals surface area (Å²) in [7, 11) is 0. The van der Waals surface area contributed by atoms with Crippen molar-refractivity contribution in [2.45, 2.75) is 45.2 Å². The summed E-state index contributed by atoms with van der Waals surface area (Å²) in [5, 5.41) is 18.6. The first-order valence-electron chi connectivity index (χ1n) is 4.16. The first-order chi connectivity index (χ1) is 5.15. The van der Waals surface area contributed by atoms with E-state index in [0.29, 0.717) is 0 Å². The van der Waals surface area contributed by atoms with Crippen LogP contribution in [-0.4, -0.2) is 28.7 Å². The van der Waals surface area contributed by atoms with Crippen molar-refractivity contribution in [2.75, 3.05) is 0 Å².